The Morgan fingerprint density at radius 2 is 2.00 bits per heavy atom. The normalized spacial score (nSPS) is 18.5. The predicted molar refractivity (Wildman–Crippen MR) is 100 cm³/mol. The molecule has 8 heteroatoms. The van der Waals surface area contributed by atoms with Crippen LogP contribution in [0.1, 0.15) is 13.3 Å². The Kier molecular flexibility index (Phi) is 8.18. The highest BCUT2D eigenvalue weighted by Crippen LogP contribution is 2.22. The molecule has 1 amide bonds. The summed E-state index contributed by atoms with van der Waals surface area (Å²) in [4.78, 5) is 14.5. The number of methoxy groups -OCH3 is 1. The quantitative estimate of drug-likeness (QED) is 0.765. The van der Waals surface area contributed by atoms with E-state index >= 15 is 0 Å². The van der Waals surface area contributed by atoms with Crippen LogP contribution in [0.15, 0.2) is 29.2 Å². The number of ether oxygens (including phenoxy) is 1. The zero-order valence-electron chi connectivity index (χ0n) is 14.9. The summed E-state index contributed by atoms with van der Waals surface area (Å²) < 4.78 is 30.1. The highest BCUT2D eigenvalue weighted by Gasteiger charge is 2.31. The Morgan fingerprint density at radius 3 is 2.56 bits per heavy atom. The van der Waals surface area contributed by atoms with E-state index in [0.717, 1.165) is 13.0 Å². The van der Waals surface area contributed by atoms with Crippen molar-refractivity contribution >= 4 is 28.2 Å². The number of likely N-dealkylation sites (tertiary alicyclic amines) is 1. The molecule has 1 N–H and O–H groups in total. The highest BCUT2D eigenvalue weighted by molar-refractivity contribution is 7.91. The Hall–Kier alpha value is -1.31. The molecule has 0 bridgehead atoms. The van der Waals surface area contributed by atoms with Crippen molar-refractivity contribution in [3.63, 3.8) is 0 Å². The van der Waals surface area contributed by atoms with Gasteiger partial charge in [-0.2, -0.15) is 0 Å². The van der Waals surface area contributed by atoms with Crippen LogP contribution in [0.3, 0.4) is 0 Å². The maximum Gasteiger partial charge on any atom is 0.226 e. The largest absolute Gasteiger partial charge is 0.497 e. The minimum absolute atomic E-state index is 0. The molecule has 1 aliphatic heterocycles. The summed E-state index contributed by atoms with van der Waals surface area (Å²) in [5.41, 5.74) is 0. The number of nitrogens with one attached hydrogen (secondary N) is 1. The monoisotopic (exact) mass is 390 g/mol. The van der Waals surface area contributed by atoms with E-state index in [4.69, 9.17) is 4.74 Å². The van der Waals surface area contributed by atoms with Gasteiger partial charge in [0.25, 0.3) is 0 Å². The van der Waals surface area contributed by atoms with Gasteiger partial charge in [-0.25, -0.2) is 8.42 Å². The number of hydrogen-bond donors (Lipinski definition) is 1. The van der Waals surface area contributed by atoms with Crippen molar-refractivity contribution < 1.29 is 17.9 Å². The third-order valence-corrected chi connectivity index (χ3v) is 6.33. The van der Waals surface area contributed by atoms with Gasteiger partial charge in [0.15, 0.2) is 9.84 Å². The Balaban J connectivity index is 0.00000312. The molecule has 25 heavy (non-hydrogen) atoms. The first-order valence-corrected chi connectivity index (χ1v) is 9.82. The number of rotatable bonds is 7. The lowest BCUT2D eigenvalue weighted by Gasteiger charge is -2.21. The van der Waals surface area contributed by atoms with Crippen LogP contribution < -0.4 is 10.1 Å². The average molecular weight is 391 g/mol. The summed E-state index contributed by atoms with van der Waals surface area (Å²) >= 11 is 0. The lowest BCUT2D eigenvalue weighted by atomic mass is 10.1. The van der Waals surface area contributed by atoms with Crippen molar-refractivity contribution in [2.45, 2.75) is 18.2 Å². The number of hydrogen-bond acceptors (Lipinski definition) is 5. The number of carbonyl (C=O) groups excluding carboxylic acids is 1. The third-order valence-electron chi connectivity index (χ3n) is 4.40. The first kappa shape index (κ1) is 21.7. The zero-order chi connectivity index (χ0) is 17.7. The minimum Gasteiger partial charge on any atom is -0.497 e. The molecule has 1 aromatic rings. The fourth-order valence-corrected chi connectivity index (χ4v) is 4.62. The van der Waals surface area contributed by atoms with Crippen LogP contribution in [0.5, 0.6) is 5.75 Å². The molecular formula is C17H27ClN2O4S. The zero-order valence-corrected chi connectivity index (χ0v) is 16.5. The van der Waals surface area contributed by atoms with Crippen molar-refractivity contribution in [3.8, 4) is 5.75 Å². The van der Waals surface area contributed by atoms with Gasteiger partial charge in [-0.05, 0) is 50.2 Å². The fourth-order valence-electron chi connectivity index (χ4n) is 3.08. The lowest BCUT2D eigenvalue weighted by molar-refractivity contribution is -0.133. The number of halogens is 1. The molecule has 1 aromatic carbocycles. The molecule has 0 aromatic heterocycles. The molecule has 0 aliphatic carbocycles. The second-order valence-electron chi connectivity index (χ2n) is 6.35. The molecule has 1 fully saturated rings. The van der Waals surface area contributed by atoms with Gasteiger partial charge < -0.3 is 15.0 Å². The molecule has 1 saturated heterocycles. The van der Waals surface area contributed by atoms with Gasteiger partial charge in [0.1, 0.15) is 5.75 Å². The third kappa shape index (κ3) is 5.59. The van der Waals surface area contributed by atoms with Crippen molar-refractivity contribution in [2.24, 2.45) is 11.8 Å². The van der Waals surface area contributed by atoms with Crippen LogP contribution >= 0.6 is 12.4 Å². The summed E-state index contributed by atoms with van der Waals surface area (Å²) in [6, 6.07) is 6.26. The number of benzene rings is 1. The topological polar surface area (TPSA) is 75.7 Å². The average Bonchev–Trinajstić information content (AvgIpc) is 3.02. The van der Waals surface area contributed by atoms with Crippen molar-refractivity contribution in [1.82, 2.24) is 10.2 Å². The SMILES string of the molecule is CNCC1CCN(C(=O)C(C)CS(=O)(=O)c2ccc(OC)cc2)C1.Cl. The summed E-state index contributed by atoms with van der Waals surface area (Å²) in [7, 11) is -0.0715. The molecule has 0 spiro atoms. The van der Waals surface area contributed by atoms with E-state index in [1.807, 2.05) is 7.05 Å². The Bertz CT molecular complexity index is 664. The smallest absolute Gasteiger partial charge is 0.226 e. The molecule has 2 atom stereocenters. The number of nitrogens with zero attached hydrogens (tertiary/aromatic N) is 1. The second-order valence-corrected chi connectivity index (χ2v) is 8.39. The van der Waals surface area contributed by atoms with Gasteiger partial charge in [0.05, 0.1) is 17.8 Å². The van der Waals surface area contributed by atoms with E-state index in [1.165, 1.54) is 19.2 Å². The highest BCUT2D eigenvalue weighted by atomic mass is 35.5. The van der Waals surface area contributed by atoms with E-state index in [0.29, 0.717) is 24.8 Å². The van der Waals surface area contributed by atoms with E-state index < -0.39 is 15.8 Å². The Labute approximate surface area is 156 Å². The first-order valence-electron chi connectivity index (χ1n) is 8.17. The molecule has 0 radical (unpaired) electrons. The Morgan fingerprint density at radius 1 is 1.36 bits per heavy atom. The van der Waals surface area contributed by atoms with Gasteiger partial charge in [-0.3, -0.25) is 4.79 Å². The van der Waals surface area contributed by atoms with E-state index in [2.05, 4.69) is 5.32 Å². The van der Waals surface area contributed by atoms with Crippen molar-refractivity contribution in [2.75, 3.05) is 39.5 Å². The van der Waals surface area contributed by atoms with Gasteiger partial charge in [0, 0.05) is 19.0 Å². The van der Waals surface area contributed by atoms with Gasteiger partial charge >= 0.3 is 0 Å². The van der Waals surface area contributed by atoms with Crippen LogP contribution in [-0.4, -0.2) is 58.8 Å². The summed E-state index contributed by atoms with van der Waals surface area (Å²) in [5, 5.41) is 3.12. The predicted octanol–water partition coefficient (Wildman–Crippen LogP) is 1.59. The van der Waals surface area contributed by atoms with Crippen molar-refractivity contribution in [3.05, 3.63) is 24.3 Å². The molecule has 1 heterocycles. The van der Waals surface area contributed by atoms with Gasteiger partial charge in [-0.15, -0.1) is 12.4 Å². The second kappa shape index (κ2) is 9.40. The summed E-state index contributed by atoms with van der Waals surface area (Å²) in [6.07, 6.45) is 0.963. The minimum atomic E-state index is -3.50. The van der Waals surface area contributed by atoms with Crippen LogP contribution in [0.25, 0.3) is 0 Å². The van der Waals surface area contributed by atoms with Crippen LogP contribution in [0, 0.1) is 11.8 Å². The molecular weight excluding hydrogens is 364 g/mol. The molecule has 2 rings (SSSR count). The molecule has 6 nitrogen and oxygen atoms in total. The molecule has 1 aliphatic rings. The lowest BCUT2D eigenvalue weighted by Crippen LogP contribution is -2.36. The van der Waals surface area contributed by atoms with E-state index in [1.54, 1.807) is 24.0 Å². The molecule has 142 valence electrons. The maximum absolute atomic E-state index is 12.5. The van der Waals surface area contributed by atoms with Gasteiger partial charge in [0.2, 0.25) is 5.91 Å². The number of amides is 1. The summed E-state index contributed by atoms with van der Waals surface area (Å²) in [5.74, 6) is 0.247. The number of sulfone groups is 1. The standard InChI is InChI=1S/C17H26N2O4S.ClH/c1-13(17(20)19-9-8-14(11-19)10-18-2)12-24(21,22)16-6-4-15(23-3)5-7-16;/h4-7,13-14,18H,8-12H2,1-3H3;1H. The summed E-state index contributed by atoms with van der Waals surface area (Å²) in [6.45, 7) is 3.97. The van der Waals surface area contributed by atoms with Gasteiger partial charge in [-0.1, -0.05) is 6.92 Å². The van der Waals surface area contributed by atoms with Crippen LogP contribution in [-0.2, 0) is 14.6 Å². The fraction of sp³-hybridized carbons (Fsp3) is 0.588. The number of carbonyl (C=O) groups is 1. The molecule has 0 saturated carbocycles. The van der Waals surface area contributed by atoms with Crippen LogP contribution in [0.2, 0.25) is 0 Å². The first-order chi connectivity index (χ1) is 11.4. The maximum atomic E-state index is 12.5. The van der Waals surface area contributed by atoms with Crippen molar-refractivity contribution in [1.29, 1.82) is 0 Å². The van der Waals surface area contributed by atoms with Crippen LogP contribution in [0.4, 0.5) is 0 Å². The van der Waals surface area contributed by atoms with E-state index in [9.17, 15) is 13.2 Å². The van der Waals surface area contributed by atoms with E-state index in [-0.39, 0.29) is 29.0 Å². The molecule has 2 unspecified atom stereocenters.